The number of carbonyl (C=O) groups is 2. The molecule has 25 heavy (non-hydrogen) atoms. The molecule has 138 valence electrons. The normalized spacial score (nSPS) is 14.8. The Labute approximate surface area is 149 Å². The second-order valence-corrected chi connectivity index (χ2v) is 6.68. The topological polar surface area (TPSA) is 72.9 Å². The molecule has 0 atom stereocenters. The largest absolute Gasteiger partial charge is 0.480 e. The molecule has 0 radical (unpaired) electrons. The summed E-state index contributed by atoms with van der Waals surface area (Å²) in [4.78, 5) is 27.0. The first-order chi connectivity index (χ1) is 12.1. The van der Waals surface area contributed by atoms with Crippen molar-refractivity contribution < 1.29 is 14.7 Å². The first-order valence-electron chi connectivity index (χ1n) is 9.08. The van der Waals surface area contributed by atoms with Gasteiger partial charge in [-0.15, -0.1) is 0 Å². The van der Waals surface area contributed by atoms with Gasteiger partial charge in [-0.05, 0) is 50.0 Å². The van der Waals surface area contributed by atoms with E-state index in [2.05, 4.69) is 22.3 Å². The standard InChI is InChI=1S/C19H29N3O3/c1-2-9-22(15-19(24)25)14-18(23)20-12-16-5-7-17(8-6-16)13-21-10-3-4-11-21/h5-8H,2-4,9-15H2,1H3,(H,20,23)(H,24,25). The number of carboxylic acid groups (broad SMARTS) is 1. The number of hydrogen-bond donors (Lipinski definition) is 2. The van der Waals surface area contributed by atoms with Gasteiger partial charge in [0.15, 0.2) is 0 Å². The van der Waals surface area contributed by atoms with Gasteiger partial charge in [0.05, 0.1) is 13.1 Å². The minimum absolute atomic E-state index is 0.105. The van der Waals surface area contributed by atoms with Crippen molar-refractivity contribution in [2.24, 2.45) is 0 Å². The lowest BCUT2D eigenvalue weighted by atomic mass is 10.1. The summed E-state index contributed by atoms with van der Waals surface area (Å²) in [5.41, 5.74) is 2.35. The summed E-state index contributed by atoms with van der Waals surface area (Å²) >= 11 is 0. The maximum Gasteiger partial charge on any atom is 0.317 e. The van der Waals surface area contributed by atoms with Crippen molar-refractivity contribution in [3.8, 4) is 0 Å². The van der Waals surface area contributed by atoms with Crippen LogP contribution in [0.2, 0.25) is 0 Å². The Morgan fingerprint density at radius 3 is 2.36 bits per heavy atom. The molecule has 1 aliphatic heterocycles. The summed E-state index contributed by atoms with van der Waals surface area (Å²) < 4.78 is 0. The number of carboxylic acids is 1. The molecule has 2 N–H and O–H groups in total. The molecule has 6 nitrogen and oxygen atoms in total. The predicted octanol–water partition coefficient (Wildman–Crippen LogP) is 1.70. The summed E-state index contributed by atoms with van der Waals surface area (Å²) in [6.07, 6.45) is 3.40. The summed E-state index contributed by atoms with van der Waals surface area (Å²) in [6, 6.07) is 8.33. The van der Waals surface area contributed by atoms with E-state index in [0.717, 1.165) is 18.5 Å². The van der Waals surface area contributed by atoms with Crippen molar-refractivity contribution in [2.75, 3.05) is 32.7 Å². The van der Waals surface area contributed by atoms with E-state index in [0.29, 0.717) is 13.1 Å². The zero-order valence-electron chi connectivity index (χ0n) is 15.0. The number of benzene rings is 1. The molecule has 0 aliphatic carbocycles. The number of amides is 1. The number of aliphatic carboxylic acids is 1. The number of nitrogens with zero attached hydrogens (tertiary/aromatic N) is 2. The summed E-state index contributed by atoms with van der Waals surface area (Å²) in [6.45, 7) is 6.41. The highest BCUT2D eigenvalue weighted by molar-refractivity contribution is 5.79. The molecule has 0 saturated carbocycles. The highest BCUT2D eigenvalue weighted by atomic mass is 16.4. The summed E-state index contributed by atoms with van der Waals surface area (Å²) in [7, 11) is 0. The third-order valence-corrected chi connectivity index (χ3v) is 4.38. The fourth-order valence-electron chi connectivity index (χ4n) is 3.14. The molecular weight excluding hydrogens is 318 g/mol. The smallest absolute Gasteiger partial charge is 0.317 e. The van der Waals surface area contributed by atoms with Crippen molar-refractivity contribution in [3.63, 3.8) is 0 Å². The molecule has 1 aliphatic rings. The van der Waals surface area contributed by atoms with Crippen LogP contribution in [0.3, 0.4) is 0 Å². The molecule has 1 aromatic carbocycles. The van der Waals surface area contributed by atoms with Crippen molar-refractivity contribution >= 4 is 11.9 Å². The van der Waals surface area contributed by atoms with Crippen LogP contribution in [-0.2, 0) is 22.7 Å². The zero-order valence-corrected chi connectivity index (χ0v) is 15.0. The third kappa shape index (κ3) is 7.23. The first-order valence-corrected chi connectivity index (χ1v) is 9.08. The van der Waals surface area contributed by atoms with E-state index in [1.165, 1.54) is 31.5 Å². The molecule has 1 saturated heterocycles. The molecular formula is C19H29N3O3. The highest BCUT2D eigenvalue weighted by Gasteiger charge is 2.13. The first kappa shape index (κ1) is 19.4. The Balaban J connectivity index is 1.75. The third-order valence-electron chi connectivity index (χ3n) is 4.38. The van der Waals surface area contributed by atoms with Crippen LogP contribution in [0.15, 0.2) is 24.3 Å². The second kappa shape index (κ2) is 10.2. The van der Waals surface area contributed by atoms with E-state index in [1.807, 2.05) is 19.1 Å². The molecule has 0 spiro atoms. The Hall–Kier alpha value is -1.92. The number of likely N-dealkylation sites (tertiary alicyclic amines) is 1. The zero-order chi connectivity index (χ0) is 18.1. The minimum Gasteiger partial charge on any atom is -0.480 e. The van der Waals surface area contributed by atoms with Gasteiger partial charge >= 0.3 is 5.97 Å². The van der Waals surface area contributed by atoms with Crippen molar-refractivity contribution in [1.29, 1.82) is 0 Å². The van der Waals surface area contributed by atoms with Gasteiger partial charge in [0.25, 0.3) is 0 Å². The molecule has 0 unspecified atom stereocenters. The predicted molar refractivity (Wildman–Crippen MR) is 97.2 cm³/mol. The highest BCUT2D eigenvalue weighted by Crippen LogP contribution is 2.13. The lowest BCUT2D eigenvalue weighted by Crippen LogP contribution is -2.40. The van der Waals surface area contributed by atoms with Gasteiger partial charge in [-0.3, -0.25) is 19.4 Å². The van der Waals surface area contributed by atoms with Crippen LogP contribution in [0.4, 0.5) is 0 Å². The Bertz CT molecular complexity index is 554. The molecule has 2 rings (SSSR count). The fourth-order valence-corrected chi connectivity index (χ4v) is 3.14. The Morgan fingerprint density at radius 1 is 1.12 bits per heavy atom. The number of nitrogens with one attached hydrogen (secondary N) is 1. The van der Waals surface area contributed by atoms with Crippen molar-refractivity contribution in [2.45, 2.75) is 39.3 Å². The molecule has 1 fully saturated rings. The van der Waals surface area contributed by atoms with E-state index in [1.54, 1.807) is 4.90 Å². The van der Waals surface area contributed by atoms with Gasteiger partial charge in [-0.1, -0.05) is 31.2 Å². The van der Waals surface area contributed by atoms with Gasteiger partial charge in [0.2, 0.25) is 5.91 Å². The van der Waals surface area contributed by atoms with E-state index in [-0.39, 0.29) is 19.0 Å². The van der Waals surface area contributed by atoms with Crippen molar-refractivity contribution in [1.82, 2.24) is 15.1 Å². The lowest BCUT2D eigenvalue weighted by molar-refractivity contribution is -0.138. The molecule has 1 aromatic rings. The Kier molecular flexibility index (Phi) is 7.88. The van der Waals surface area contributed by atoms with E-state index >= 15 is 0 Å². The number of carbonyl (C=O) groups excluding carboxylic acids is 1. The quantitative estimate of drug-likeness (QED) is 0.674. The summed E-state index contributed by atoms with van der Waals surface area (Å²) in [5.74, 6) is -1.05. The van der Waals surface area contributed by atoms with Crippen LogP contribution >= 0.6 is 0 Å². The van der Waals surface area contributed by atoms with Crippen LogP contribution in [0.1, 0.15) is 37.3 Å². The fraction of sp³-hybridized carbons (Fsp3) is 0.579. The van der Waals surface area contributed by atoms with E-state index in [4.69, 9.17) is 5.11 Å². The maximum atomic E-state index is 12.0. The van der Waals surface area contributed by atoms with E-state index in [9.17, 15) is 9.59 Å². The molecule has 1 heterocycles. The molecule has 6 heteroatoms. The van der Waals surface area contributed by atoms with Gasteiger partial charge in [0.1, 0.15) is 0 Å². The van der Waals surface area contributed by atoms with Gasteiger partial charge in [0, 0.05) is 13.1 Å². The van der Waals surface area contributed by atoms with E-state index < -0.39 is 5.97 Å². The van der Waals surface area contributed by atoms with Crippen LogP contribution < -0.4 is 5.32 Å². The summed E-state index contributed by atoms with van der Waals surface area (Å²) in [5, 5.41) is 11.8. The second-order valence-electron chi connectivity index (χ2n) is 6.68. The average Bonchev–Trinajstić information content (AvgIpc) is 3.07. The lowest BCUT2D eigenvalue weighted by Gasteiger charge is -2.18. The van der Waals surface area contributed by atoms with Gasteiger partial charge in [-0.2, -0.15) is 0 Å². The monoisotopic (exact) mass is 347 g/mol. The van der Waals surface area contributed by atoms with Crippen molar-refractivity contribution in [3.05, 3.63) is 35.4 Å². The molecule has 0 aromatic heterocycles. The Morgan fingerprint density at radius 2 is 1.76 bits per heavy atom. The maximum absolute atomic E-state index is 12.0. The van der Waals surface area contributed by atoms with Crippen LogP contribution in [0.5, 0.6) is 0 Å². The van der Waals surface area contributed by atoms with Crippen LogP contribution in [0, 0.1) is 0 Å². The van der Waals surface area contributed by atoms with Gasteiger partial charge < -0.3 is 10.4 Å². The average molecular weight is 347 g/mol. The molecule has 1 amide bonds. The molecule has 0 bridgehead atoms. The van der Waals surface area contributed by atoms with Gasteiger partial charge in [-0.25, -0.2) is 0 Å². The van der Waals surface area contributed by atoms with Crippen LogP contribution in [-0.4, -0.2) is 59.5 Å². The number of rotatable bonds is 10. The van der Waals surface area contributed by atoms with Crippen LogP contribution in [0.25, 0.3) is 0 Å². The number of hydrogen-bond acceptors (Lipinski definition) is 4. The minimum atomic E-state index is -0.908. The SMILES string of the molecule is CCCN(CC(=O)O)CC(=O)NCc1ccc(CN2CCCC2)cc1.